The molecule has 1 saturated heterocycles. The SMILES string of the molecule is CCN(CC)c1ccc(/C=C2\SC(=O)N(CC(=O)Nc3ccccc3F)C2=O)cc1. The Morgan fingerprint density at radius 3 is 2.40 bits per heavy atom. The minimum Gasteiger partial charge on any atom is -0.372 e. The van der Waals surface area contributed by atoms with E-state index >= 15 is 0 Å². The molecule has 8 heteroatoms. The van der Waals surface area contributed by atoms with Gasteiger partial charge in [0, 0.05) is 18.8 Å². The highest BCUT2D eigenvalue weighted by molar-refractivity contribution is 8.18. The van der Waals surface area contributed by atoms with E-state index in [4.69, 9.17) is 0 Å². The maximum atomic E-state index is 13.7. The predicted molar refractivity (Wildman–Crippen MR) is 118 cm³/mol. The molecule has 156 valence electrons. The Morgan fingerprint density at radius 1 is 1.10 bits per heavy atom. The first-order chi connectivity index (χ1) is 14.4. The van der Waals surface area contributed by atoms with Gasteiger partial charge in [0.1, 0.15) is 12.4 Å². The average Bonchev–Trinajstić information content (AvgIpc) is 2.99. The molecule has 6 nitrogen and oxygen atoms in total. The summed E-state index contributed by atoms with van der Waals surface area (Å²) in [5.41, 5.74) is 1.86. The second-order valence-electron chi connectivity index (χ2n) is 6.56. The normalized spacial score (nSPS) is 15.0. The lowest BCUT2D eigenvalue weighted by Crippen LogP contribution is -2.36. The van der Waals surface area contributed by atoms with Crippen LogP contribution in [0.15, 0.2) is 53.4 Å². The first-order valence-electron chi connectivity index (χ1n) is 9.57. The Balaban J connectivity index is 1.68. The summed E-state index contributed by atoms with van der Waals surface area (Å²) in [6.07, 6.45) is 1.63. The third kappa shape index (κ3) is 4.88. The molecular formula is C22H22FN3O3S. The fraction of sp³-hybridized carbons (Fsp3) is 0.227. The van der Waals surface area contributed by atoms with E-state index in [-0.39, 0.29) is 10.6 Å². The third-order valence-electron chi connectivity index (χ3n) is 4.64. The number of rotatable bonds is 7. The number of amides is 3. The fourth-order valence-electron chi connectivity index (χ4n) is 3.05. The van der Waals surface area contributed by atoms with Gasteiger partial charge >= 0.3 is 0 Å². The predicted octanol–water partition coefficient (Wildman–Crippen LogP) is 4.35. The summed E-state index contributed by atoms with van der Waals surface area (Å²) in [6.45, 7) is 5.47. The summed E-state index contributed by atoms with van der Waals surface area (Å²) < 4.78 is 13.7. The van der Waals surface area contributed by atoms with E-state index in [0.29, 0.717) is 0 Å². The molecule has 0 atom stereocenters. The van der Waals surface area contributed by atoms with Gasteiger partial charge in [0.2, 0.25) is 5.91 Å². The van der Waals surface area contributed by atoms with Crippen molar-refractivity contribution in [1.29, 1.82) is 0 Å². The molecule has 0 radical (unpaired) electrons. The van der Waals surface area contributed by atoms with Gasteiger partial charge in [-0.05, 0) is 61.5 Å². The lowest BCUT2D eigenvalue weighted by atomic mass is 10.1. The Kier molecular flexibility index (Phi) is 6.89. The van der Waals surface area contributed by atoms with Gasteiger partial charge in [-0.15, -0.1) is 0 Å². The van der Waals surface area contributed by atoms with E-state index in [1.54, 1.807) is 12.1 Å². The zero-order valence-corrected chi connectivity index (χ0v) is 17.5. The van der Waals surface area contributed by atoms with Crippen molar-refractivity contribution in [2.45, 2.75) is 13.8 Å². The Hall–Kier alpha value is -3.13. The molecule has 3 amide bonds. The molecule has 2 aromatic carbocycles. The summed E-state index contributed by atoms with van der Waals surface area (Å²) in [4.78, 5) is 40.3. The number of nitrogens with zero attached hydrogens (tertiary/aromatic N) is 2. The average molecular weight is 428 g/mol. The standard InChI is InChI=1S/C22H22FN3O3S/c1-3-25(4-2)16-11-9-15(10-12-16)13-19-21(28)26(22(29)30-19)14-20(27)24-18-8-6-5-7-17(18)23/h5-13H,3-4,14H2,1-2H3,(H,24,27)/b19-13-. The highest BCUT2D eigenvalue weighted by Gasteiger charge is 2.36. The van der Waals surface area contributed by atoms with Crippen LogP contribution >= 0.6 is 11.8 Å². The molecule has 0 aromatic heterocycles. The molecule has 1 aliphatic rings. The number of hydrogen-bond acceptors (Lipinski definition) is 5. The third-order valence-corrected chi connectivity index (χ3v) is 5.55. The number of halogens is 1. The van der Waals surface area contributed by atoms with Crippen molar-refractivity contribution in [1.82, 2.24) is 4.90 Å². The minimum atomic E-state index is -0.646. The van der Waals surface area contributed by atoms with Crippen molar-refractivity contribution in [3.8, 4) is 0 Å². The molecule has 0 saturated carbocycles. The first kappa shape index (κ1) is 21.6. The van der Waals surface area contributed by atoms with Gasteiger partial charge in [-0.2, -0.15) is 0 Å². The van der Waals surface area contributed by atoms with Gasteiger partial charge in [0.25, 0.3) is 11.1 Å². The number of thioether (sulfide) groups is 1. The lowest BCUT2D eigenvalue weighted by Gasteiger charge is -2.20. The van der Waals surface area contributed by atoms with E-state index in [9.17, 15) is 18.8 Å². The maximum Gasteiger partial charge on any atom is 0.294 e. The van der Waals surface area contributed by atoms with E-state index in [2.05, 4.69) is 24.1 Å². The number of carbonyl (C=O) groups is 3. The Morgan fingerprint density at radius 2 is 1.77 bits per heavy atom. The van der Waals surface area contributed by atoms with E-state index in [1.807, 2.05) is 24.3 Å². The van der Waals surface area contributed by atoms with Crippen molar-refractivity contribution in [3.05, 3.63) is 64.8 Å². The molecule has 0 unspecified atom stereocenters. The van der Waals surface area contributed by atoms with E-state index in [0.717, 1.165) is 41.0 Å². The second kappa shape index (κ2) is 9.58. The van der Waals surface area contributed by atoms with Gasteiger partial charge in [0.15, 0.2) is 0 Å². The summed E-state index contributed by atoms with van der Waals surface area (Å²) in [5.74, 6) is -1.78. The Labute approximate surface area is 178 Å². The van der Waals surface area contributed by atoms with Gasteiger partial charge in [-0.1, -0.05) is 24.3 Å². The van der Waals surface area contributed by atoms with Gasteiger partial charge in [0.05, 0.1) is 10.6 Å². The van der Waals surface area contributed by atoms with Crippen molar-refractivity contribution >= 4 is 46.3 Å². The van der Waals surface area contributed by atoms with E-state index in [1.165, 1.54) is 18.2 Å². The van der Waals surface area contributed by atoms with Crippen LogP contribution in [0, 0.1) is 5.82 Å². The number of hydrogen-bond donors (Lipinski definition) is 1. The first-order valence-corrected chi connectivity index (χ1v) is 10.4. The molecule has 2 aromatic rings. The molecule has 30 heavy (non-hydrogen) atoms. The zero-order valence-electron chi connectivity index (χ0n) is 16.7. The fourth-order valence-corrected chi connectivity index (χ4v) is 3.89. The highest BCUT2D eigenvalue weighted by atomic mass is 32.2. The van der Waals surface area contributed by atoms with Crippen LogP contribution in [-0.4, -0.2) is 41.6 Å². The number of para-hydroxylation sites is 1. The number of carbonyl (C=O) groups excluding carboxylic acids is 3. The molecular weight excluding hydrogens is 405 g/mol. The Bertz CT molecular complexity index is 987. The number of nitrogens with one attached hydrogen (secondary N) is 1. The van der Waals surface area contributed by atoms with Crippen LogP contribution in [0.1, 0.15) is 19.4 Å². The molecule has 3 rings (SSSR count). The largest absolute Gasteiger partial charge is 0.372 e. The van der Waals surface area contributed by atoms with Crippen LogP contribution in [-0.2, 0) is 9.59 Å². The number of benzene rings is 2. The number of imide groups is 1. The summed E-state index contributed by atoms with van der Waals surface area (Å²) in [7, 11) is 0. The van der Waals surface area contributed by atoms with Crippen LogP contribution in [0.4, 0.5) is 20.6 Å². The lowest BCUT2D eigenvalue weighted by molar-refractivity contribution is -0.127. The highest BCUT2D eigenvalue weighted by Crippen LogP contribution is 2.32. The van der Waals surface area contributed by atoms with Crippen molar-refractivity contribution in [2.75, 3.05) is 29.9 Å². The van der Waals surface area contributed by atoms with Crippen molar-refractivity contribution < 1.29 is 18.8 Å². The topological polar surface area (TPSA) is 69.7 Å². The molecule has 0 aliphatic carbocycles. The van der Waals surface area contributed by atoms with Gasteiger partial charge in [-0.3, -0.25) is 19.3 Å². The van der Waals surface area contributed by atoms with Gasteiger partial charge < -0.3 is 10.2 Å². The van der Waals surface area contributed by atoms with Crippen molar-refractivity contribution in [3.63, 3.8) is 0 Å². The number of anilines is 2. The molecule has 1 fully saturated rings. The van der Waals surface area contributed by atoms with Gasteiger partial charge in [-0.25, -0.2) is 4.39 Å². The van der Waals surface area contributed by atoms with E-state index < -0.39 is 29.4 Å². The smallest absolute Gasteiger partial charge is 0.294 e. The minimum absolute atomic E-state index is 0.00157. The quantitative estimate of drug-likeness (QED) is 0.666. The summed E-state index contributed by atoms with van der Waals surface area (Å²) in [5, 5.41) is 1.84. The summed E-state index contributed by atoms with van der Waals surface area (Å²) >= 11 is 0.782. The van der Waals surface area contributed by atoms with Crippen LogP contribution in [0.3, 0.4) is 0 Å². The molecule has 1 heterocycles. The molecule has 1 N–H and O–H groups in total. The van der Waals surface area contributed by atoms with Crippen molar-refractivity contribution in [2.24, 2.45) is 0 Å². The monoisotopic (exact) mass is 427 g/mol. The van der Waals surface area contributed by atoms with Crippen LogP contribution in [0.25, 0.3) is 6.08 Å². The molecule has 0 spiro atoms. The second-order valence-corrected chi connectivity index (χ2v) is 7.55. The molecule has 1 aliphatic heterocycles. The molecule has 0 bridgehead atoms. The van der Waals surface area contributed by atoms with Crippen LogP contribution in [0.2, 0.25) is 0 Å². The van der Waals surface area contributed by atoms with Crippen LogP contribution in [0.5, 0.6) is 0 Å². The summed E-state index contributed by atoms with van der Waals surface area (Å²) in [6, 6.07) is 13.4. The maximum absolute atomic E-state index is 13.7. The zero-order chi connectivity index (χ0) is 21.7. The van der Waals surface area contributed by atoms with Crippen LogP contribution < -0.4 is 10.2 Å².